The zero-order valence-electron chi connectivity index (χ0n) is 12.2. The summed E-state index contributed by atoms with van der Waals surface area (Å²) in [7, 11) is 1.67. The van der Waals surface area contributed by atoms with Gasteiger partial charge in [-0.05, 0) is 24.1 Å². The quantitative estimate of drug-likeness (QED) is 0.812. The Bertz CT molecular complexity index is 602. The summed E-state index contributed by atoms with van der Waals surface area (Å²) in [6, 6.07) is 6.11. The van der Waals surface area contributed by atoms with Gasteiger partial charge in [-0.15, -0.1) is 0 Å². The summed E-state index contributed by atoms with van der Waals surface area (Å²) in [4.78, 5) is 15.7. The number of aryl methyl sites for hydroxylation is 1. The van der Waals surface area contributed by atoms with Crippen molar-refractivity contribution in [3.05, 3.63) is 47.5 Å². The van der Waals surface area contributed by atoms with Crippen molar-refractivity contribution in [1.29, 1.82) is 0 Å². The fourth-order valence-corrected chi connectivity index (χ4v) is 2.20. The molecule has 1 aromatic heterocycles. The van der Waals surface area contributed by atoms with Crippen LogP contribution in [0, 0.1) is 6.92 Å². The molecule has 0 saturated carbocycles. The maximum absolute atomic E-state index is 11.6. The number of ether oxygens (including phenoxy) is 1. The van der Waals surface area contributed by atoms with Gasteiger partial charge in [0.15, 0.2) is 0 Å². The third-order valence-corrected chi connectivity index (χ3v) is 3.38. The van der Waals surface area contributed by atoms with E-state index in [-0.39, 0.29) is 5.78 Å². The maximum Gasteiger partial charge on any atom is 0.138 e. The molecule has 0 unspecified atom stereocenters. The van der Waals surface area contributed by atoms with E-state index < -0.39 is 0 Å². The Kier molecular flexibility index (Phi) is 4.56. The first kappa shape index (κ1) is 14.3. The fraction of sp³-hybridized carbons (Fsp3) is 0.375. The lowest BCUT2D eigenvalue weighted by Crippen LogP contribution is -2.08. The van der Waals surface area contributed by atoms with Crippen molar-refractivity contribution >= 4 is 5.78 Å². The molecule has 2 aromatic rings. The van der Waals surface area contributed by atoms with Crippen molar-refractivity contribution in [3.8, 4) is 5.75 Å². The standard InChI is InChI=1S/C16H20N2O2/c1-4-15(19)8-14-9-17-11-18(14)10-13-5-6-16(20-3)12(2)7-13/h5-7,9,11H,4,8,10H2,1-3H3. The zero-order valence-corrected chi connectivity index (χ0v) is 12.2. The number of benzene rings is 1. The first-order valence-corrected chi connectivity index (χ1v) is 6.78. The number of ketones is 1. The highest BCUT2D eigenvalue weighted by atomic mass is 16.5. The van der Waals surface area contributed by atoms with Gasteiger partial charge in [0.25, 0.3) is 0 Å². The van der Waals surface area contributed by atoms with E-state index in [0.29, 0.717) is 12.8 Å². The highest BCUT2D eigenvalue weighted by Gasteiger charge is 2.08. The van der Waals surface area contributed by atoms with Crippen LogP contribution < -0.4 is 4.74 Å². The normalized spacial score (nSPS) is 10.6. The maximum atomic E-state index is 11.6. The molecule has 0 aliphatic carbocycles. The number of hydrogen-bond donors (Lipinski definition) is 0. The molecule has 0 aliphatic heterocycles. The number of rotatable bonds is 6. The van der Waals surface area contributed by atoms with E-state index in [0.717, 1.165) is 23.6 Å². The van der Waals surface area contributed by atoms with Crippen LogP contribution in [0.3, 0.4) is 0 Å². The van der Waals surface area contributed by atoms with Gasteiger partial charge in [0.05, 0.1) is 13.4 Å². The van der Waals surface area contributed by atoms with E-state index in [9.17, 15) is 4.79 Å². The molecule has 1 aromatic carbocycles. The first-order valence-electron chi connectivity index (χ1n) is 6.78. The predicted octanol–water partition coefficient (Wildman–Crippen LogP) is 2.77. The number of imidazole rings is 1. The molecule has 0 bridgehead atoms. The minimum absolute atomic E-state index is 0.234. The Balaban J connectivity index is 2.16. The molecule has 0 atom stereocenters. The highest BCUT2D eigenvalue weighted by Crippen LogP contribution is 2.19. The summed E-state index contributed by atoms with van der Waals surface area (Å²) < 4.78 is 7.28. The Hall–Kier alpha value is -2.10. The van der Waals surface area contributed by atoms with Crippen LogP contribution in [0.2, 0.25) is 0 Å². The SMILES string of the molecule is CCC(=O)Cc1cncn1Cc1ccc(OC)c(C)c1. The van der Waals surface area contributed by atoms with Crippen LogP contribution in [0.4, 0.5) is 0 Å². The molecular formula is C16H20N2O2. The smallest absolute Gasteiger partial charge is 0.138 e. The molecule has 2 rings (SSSR count). The summed E-state index contributed by atoms with van der Waals surface area (Å²) in [5, 5.41) is 0. The zero-order chi connectivity index (χ0) is 14.5. The average Bonchev–Trinajstić information content (AvgIpc) is 2.86. The Morgan fingerprint density at radius 2 is 2.20 bits per heavy atom. The minimum atomic E-state index is 0.234. The van der Waals surface area contributed by atoms with Gasteiger partial charge in [-0.1, -0.05) is 19.1 Å². The predicted molar refractivity (Wildman–Crippen MR) is 78.1 cm³/mol. The summed E-state index contributed by atoms with van der Waals surface area (Å²) in [5.41, 5.74) is 3.24. The van der Waals surface area contributed by atoms with E-state index >= 15 is 0 Å². The summed E-state index contributed by atoms with van der Waals surface area (Å²) in [5.74, 6) is 1.12. The summed E-state index contributed by atoms with van der Waals surface area (Å²) >= 11 is 0. The molecule has 4 nitrogen and oxygen atoms in total. The van der Waals surface area contributed by atoms with Crippen LogP contribution in [0.15, 0.2) is 30.7 Å². The first-order chi connectivity index (χ1) is 9.63. The Morgan fingerprint density at radius 1 is 1.40 bits per heavy atom. The molecule has 0 spiro atoms. The van der Waals surface area contributed by atoms with Crippen LogP contribution in [0.1, 0.15) is 30.2 Å². The van der Waals surface area contributed by atoms with Crippen molar-refractivity contribution in [1.82, 2.24) is 9.55 Å². The molecule has 0 fully saturated rings. The minimum Gasteiger partial charge on any atom is -0.496 e. The molecule has 1 heterocycles. The van der Waals surface area contributed by atoms with E-state index in [4.69, 9.17) is 4.74 Å². The second-order valence-electron chi connectivity index (χ2n) is 4.89. The topological polar surface area (TPSA) is 44.1 Å². The van der Waals surface area contributed by atoms with Gasteiger partial charge in [-0.25, -0.2) is 4.98 Å². The number of hydrogen-bond acceptors (Lipinski definition) is 3. The van der Waals surface area contributed by atoms with E-state index in [1.165, 1.54) is 5.56 Å². The molecule has 4 heteroatoms. The van der Waals surface area contributed by atoms with Gasteiger partial charge in [0.1, 0.15) is 11.5 Å². The van der Waals surface area contributed by atoms with Crippen LogP contribution in [-0.2, 0) is 17.8 Å². The van der Waals surface area contributed by atoms with Crippen molar-refractivity contribution in [2.45, 2.75) is 33.2 Å². The lowest BCUT2D eigenvalue weighted by Gasteiger charge is -2.10. The van der Waals surface area contributed by atoms with Crippen LogP contribution in [0.25, 0.3) is 0 Å². The Morgan fingerprint density at radius 3 is 2.85 bits per heavy atom. The third-order valence-electron chi connectivity index (χ3n) is 3.38. The van der Waals surface area contributed by atoms with Crippen molar-refractivity contribution in [3.63, 3.8) is 0 Å². The molecule has 0 saturated heterocycles. The number of aromatic nitrogens is 2. The van der Waals surface area contributed by atoms with E-state index in [1.54, 1.807) is 19.6 Å². The van der Waals surface area contributed by atoms with Crippen molar-refractivity contribution < 1.29 is 9.53 Å². The number of methoxy groups -OCH3 is 1. The third kappa shape index (κ3) is 3.26. The monoisotopic (exact) mass is 272 g/mol. The van der Waals surface area contributed by atoms with Gasteiger partial charge in [0.2, 0.25) is 0 Å². The average molecular weight is 272 g/mol. The van der Waals surface area contributed by atoms with Gasteiger partial charge < -0.3 is 9.30 Å². The molecule has 20 heavy (non-hydrogen) atoms. The second-order valence-corrected chi connectivity index (χ2v) is 4.89. The lowest BCUT2D eigenvalue weighted by atomic mass is 10.1. The summed E-state index contributed by atoms with van der Waals surface area (Å²) in [6.07, 6.45) is 4.56. The van der Waals surface area contributed by atoms with Crippen LogP contribution in [0.5, 0.6) is 5.75 Å². The van der Waals surface area contributed by atoms with Gasteiger partial charge in [-0.2, -0.15) is 0 Å². The van der Waals surface area contributed by atoms with Gasteiger partial charge in [-0.3, -0.25) is 4.79 Å². The van der Waals surface area contributed by atoms with E-state index in [1.807, 2.05) is 30.5 Å². The Labute approximate surface area is 119 Å². The molecule has 0 amide bonds. The number of carbonyl (C=O) groups excluding carboxylic acids is 1. The molecule has 106 valence electrons. The van der Waals surface area contributed by atoms with Crippen molar-refractivity contribution in [2.75, 3.05) is 7.11 Å². The van der Waals surface area contributed by atoms with Gasteiger partial charge in [0, 0.05) is 31.3 Å². The van der Waals surface area contributed by atoms with Crippen LogP contribution >= 0.6 is 0 Å². The van der Waals surface area contributed by atoms with Crippen molar-refractivity contribution in [2.24, 2.45) is 0 Å². The second kappa shape index (κ2) is 6.37. The lowest BCUT2D eigenvalue weighted by molar-refractivity contribution is -0.118. The number of Topliss-reactive ketones (excluding diaryl/α,β-unsaturated/α-hetero) is 1. The van der Waals surface area contributed by atoms with Crippen LogP contribution in [-0.4, -0.2) is 22.4 Å². The molecule has 0 aliphatic rings. The molecular weight excluding hydrogens is 252 g/mol. The summed E-state index contributed by atoms with van der Waals surface area (Å²) in [6.45, 7) is 4.63. The van der Waals surface area contributed by atoms with E-state index in [2.05, 4.69) is 11.1 Å². The number of carbonyl (C=O) groups is 1. The van der Waals surface area contributed by atoms with Gasteiger partial charge >= 0.3 is 0 Å². The number of nitrogens with zero attached hydrogens (tertiary/aromatic N) is 2. The fourth-order valence-electron chi connectivity index (χ4n) is 2.20. The molecule has 0 radical (unpaired) electrons. The largest absolute Gasteiger partial charge is 0.496 e. The molecule has 0 N–H and O–H groups in total. The highest BCUT2D eigenvalue weighted by molar-refractivity contribution is 5.80.